The molecular weight excluding hydrogens is 300 g/mol. The summed E-state index contributed by atoms with van der Waals surface area (Å²) in [6.45, 7) is 4.85. The van der Waals surface area contributed by atoms with Gasteiger partial charge in [0.05, 0.1) is 0 Å². The van der Waals surface area contributed by atoms with Gasteiger partial charge in [-0.3, -0.25) is 9.59 Å². The first-order chi connectivity index (χ1) is 11.5. The Morgan fingerprint density at radius 1 is 1.04 bits per heavy atom. The van der Waals surface area contributed by atoms with Gasteiger partial charge in [0.25, 0.3) is 0 Å². The first-order valence-electron chi connectivity index (χ1n) is 10.1. The van der Waals surface area contributed by atoms with Gasteiger partial charge >= 0.3 is 0 Å². The van der Waals surface area contributed by atoms with E-state index in [-0.39, 0.29) is 23.3 Å². The molecule has 4 heteroatoms. The third kappa shape index (κ3) is 2.76. The number of piperidine rings is 1. The predicted octanol–water partition coefficient (Wildman–Crippen LogP) is 3.11. The van der Waals surface area contributed by atoms with E-state index in [4.69, 9.17) is 0 Å². The third-order valence-electron chi connectivity index (χ3n) is 7.32. The van der Waals surface area contributed by atoms with E-state index in [9.17, 15) is 9.59 Å². The highest BCUT2D eigenvalue weighted by Gasteiger charge is 2.54. The van der Waals surface area contributed by atoms with Gasteiger partial charge in [-0.25, -0.2) is 0 Å². The minimum absolute atomic E-state index is 0.111. The van der Waals surface area contributed by atoms with Crippen LogP contribution in [0.3, 0.4) is 0 Å². The maximum atomic E-state index is 13.1. The van der Waals surface area contributed by atoms with Crippen LogP contribution >= 0.6 is 0 Å². The van der Waals surface area contributed by atoms with Crippen LogP contribution in [-0.2, 0) is 9.59 Å². The molecule has 4 nitrogen and oxygen atoms in total. The molecule has 134 valence electrons. The van der Waals surface area contributed by atoms with Crippen LogP contribution in [0.15, 0.2) is 0 Å². The van der Waals surface area contributed by atoms with Crippen LogP contribution in [-0.4, -0.2) is 35.3 Å². The molecule has 1 saturated heterocycles. The van der Waals surface area contributed by atoms with E-state index in [2.05, 4.69) is 12.2 Å². The maximum absolute atomic E-state index is 13.1. The van der Waals surface area contributed by atoms with Crippen LogP contribution in [0.5, 0.6) is 0 Å². The molecule has 4 bridgehead atoms. The van der Waals surface area contributed by atoms with Gasteiger partial charge in [-0.15, -0.1) is 0 Å². The van der Waals surface area contributed by atoms with Crippen molar-refractivity contribution in [3.8, 4) is 0 Å². The zero-order valence-electron chi connectivity index (χ0n) is 15.2. The summed E-state index contributed by atoms with van der Waals surface area (Å²) in [6.07, 6.45) is 10.6. The minimum atomic E-state index is -0.383. The Balaban J connectivity index is 1.41. The molecule has 5 rings (SSSR count). The molecule has 1 heterocycles. The van der Waals surface area contributed by atoms with E-state index in [1.807, 2.05) is 11.8 Å². The van der Waals surface area contributed by atoms with Crippen molar-refractivity contribution in [2.45, 2.75) is 83.7 Å². The summed E-state index contributed by atoms with van der Waals surface area (Å²) in [6, 6.07) is -0.0730. The Morgan fingerprint density at radius 3 is 2.17 bits per heavy atom. The van der Waals surface area contributed by atoms with Gasteiger partial charge in [-0.2, -0.15) is 0 Å². The number of amides is 2. The van der Waals surface area contributed by atoms with Crippen molar-refractivity contribution in [2.75, 3.05) is 6.54 Å². The summed E-state index contributed by atoms with van der Waals surface area (Å²) in [5.41, 5.74) is -0.156. The molecule has 0 spiro atoms. The number of carbonyl (C=O) groups excluding carboxylic acids is 2. The molecule has 5 fully saturated rings. The second-order valence-electron chi connectivity index (χ2n) is 9.27. The lowest BCUT2D eigenvalue weighted by Crippen LogP contribution is -2.58. The molecule has 1 aliphatic heterocycles. The summed E-state index contributed by atoms with van der Waals surface area (Å²) in [4.78, 5) is 27.9. The molecule has 4 aliphatic carbocycles. The Bertz CT molecular complexity index is 494. The molecule has 0 radical (unpaired) electrons. The zero-order valence-corrected chi connectivity index (χ0v) is 15.2. The summed E-state index contributed by atoms with van der Waals surface area (Å²) in [5.74, 6) is 2.56. The number of rotatable bonds is 3. The number of nitrogens with zero attached hydrogens (tertiary/aromatic N) is 1. The average molecular weight is 332 g/mol. The van der Waals surface area contributed by atoms with Crippen LogP contribution < -0.4 is 5.32 Å². The smallest absolute Gasteiger partial charge is 0.245 e. The number of hydrogen-bond donors (Lipinski definition) is 1. The van der Waals surface area contributed by atoms with Crippen LogP contribution in [0.1, 0.15) is 71.6 Å². The lowest BCUT2D eigenvalue weighted by atomic mass is 9.49. The van der Waals surface area contributed by atoms with E-state index < -0.39 is 0 Å². The van der Waals surface area contributed by atoms with Crippen molar-refractivity contribution in [3.05, 3.63) is 0 Å². The van der Waals surface area contributed by atoms with Crippen LogP contribution in [0.4, 0.5) is 0 Å². The standard InChI is InChI=1S/C20H32N2O2/c1-13-5-3-4-6-22(13)18(23)14(2)21-19(24)20-10-15-7-16(11-20)9-17(8-15)12-20/h13-17H,3-12H2,1-2H3,(H,21,24)/t13-,14-,15?,16?,17?,20?/m1/s1. The van der Waals surface area contributed by atoms with Gasteiger partial charge < -0.3 is 10.2 Å². The average Bonchev–Trinajstić information content (AvgIpc) is 2.53. The normalized spacial score (nSPS) is 42.0. The quantitative estimate of drug-likeness (QED) is 0.863. The van der Waals surface area contributed by atoms with Crippen molar-refractivity contribution in [1.82, 2.24) is 10.2 Å². The van der Waals surface area contributed by atoms with Crippen molar-refractivity contribution in [2.24, 2.45) is 23.2 Å². The summed E-state index contributed by atoms with van der Waals surface area (Å²) in [5, 5.41) is 3.12. The van der Waals surface area contributed by atoms with Crippen LogP contribution in [0.2, 0.25) is 0 Å². The lowest BCUT2D eigenvalue weighted by Gasteiger charge is -2.55. The first-order valence-corrected chi connectivity index (χ1v) is 10.1. The van der Waals surface area contributed by atoms with E-state index >= 15 is 0 Å². The Kier molecular flexibility index (Phi) is 4.12. The molecule has 4 saturated carbocycles. The fraction of sp³-hybridized carbons (Fsp3) is 0.900. The second kappa shape index (κ2) is 6.03. The fourth-order valence-corrected chi connectivity index (χ4v) is 6.47. The van der Waals surface area contributed by atoms with Gasteiger partial charge in [-0.05, 0) is 89.4 Å². The maximum Gasteiger partial charge on any atom is 0.245 e. The van der Waals surface area contributed by atoms with Gasteiger partial charge in [0, 0.05) is 18.0 Å². The Morgan fingerprint density at radius 2 is 1.62 bits per heavy atom. The van der Waals surface area contributed by atoms with Gasteiger partial charge in [0.15, 0.2) is 0 Å². The fourth-order valence-electron chi connectivity index (χ4n) is 6.47. The van der Waals surface area contributed by atoms with Crippen molar-refractivity contribution < 1.29 is 9.59 Å². The van der Waals surface area contributed by atoms with E-state index in [1.54, 1.807) is 0 Å². The third-order valence-corrected chi connectivity index (χ3v) is 7.32. The molecule has 1 N–H and O–H groups in total. The monoisotopic (exact) mass is 332 g/mol. The van der Waals surface area contributed by atoms with Crippen molar-refractivity contribution in [3.63, 3.8) is 0 Å². The van der Waals surface area contributed by atoms with Crippen LogP contribution in [0, 0.1) is 23.2 Å². The Labute approximate surface area is 145 Å². The van der Waals surface area contributed by atoms with Crippen molar-refractivity contribution in [1.29, 1.82) is 0 Å². The number of likely N-dealkylation sites (tertiary alicyclic amines) is 1. The lowest BCUT2D eigenvalue weighted by molar-refractivity contribution is -0.150. The number of hydrogen-bond acceptors (Lipinski definition) is 2. The summed E-state index contributed by atoms with van der Waals surface area (Å²) in [7, 11) is 0. The molecule has 2 atom stereocenters. The first kappa shape index (κ1) is 16.4. The molecule has 0 aromatic heterocycles. The highest BCUT2D eigenvalue weighted by Crippen LogP contribution is 2.60. The summed E-state index contributed by atoms with van der Waals surface area (Å²) >= 11 is 0. The molecule has 0 aromatic carbocycles. The summed E-state index contributed by atoms with van der Waals surface area (Å²) < 4.78 is 0. The van der Waals surface area contributed by atoms with E-state index in [0.29, 0.717) is 6.04 Å². The van der Waals surface area contributed by atoms with Crippen LogP contribution in [0.25, 0.3) is 0 Å². The highest BCUT2D eigenvalue weighted by atomic mass is 16.2. The Hall–Kier alpha value is -1.06. The van der Waals surface area contributed by atoms with E-state index in [0.717, 1.165) is 56.4 Å². The second-order valence-corrected chi connectivity index (χ2v) is 9.27. The highest BCUT2D eigenvalue weighted by molar-refractivity contribution is 5.90. The molecule has 5 aliphatic rings. The van der Waals surface area contributed by atoms with Gasteiger partial charge in [-0.1, -0.05) is 0 Å². The van der Waals surface area contributed by atoms with E-state index in [1.165, 1.54) is 25.7 Å². The molecule has 0 unspecified atom stereocenters. The molecule has 0 aromatic rings. The predicted molar refractivity (Wildman–Crippen MR) is 93.2 cm³/mol. The molecule has 2 amide bonds. The molecule has 24 heavy (non-hydrogen) atoms. The zero-order chi connectivity index (χ0) is 16.9. The minimum Gasteiger partial charge on any atom is -0.344 e. The van der Waals surface area contributed by atoms with Gasteiger partial charge in [0.2, 0.25) is 11.8 Å². The number of carbonyl (C=O) groups is 2. The topological polar surface area (TPSA) is 49.4 Å². The van der Waals surface area contributed by atoms with Gasteiger partial charge in [0.1, 0.15) is 6.04 Å². The van der Waals surface area contributed by atoms with Crippen molar-refractivity contribution >= 4 is 11.8 Å². The number of nitrogens with one attached hydrogen (secondary N) is 1. The largest absolute Gasteiger partial charge is 0.344 e. The molecular formula is C20H32N2O2. The SMILES string of the molecule is C[C@@H]1CCCCN1C(=O)[C@@H](C)NC(=O)C12CC3CC(CC(C3)C1)C2.